The third-order valence-corrected chi connectivity index (χ3v) is 7.39. The molecule has 0 heterocycles. The van der Waals surface area contributed by atoms with E-state index >= 15 is 0 Å². The molecule has 2 atom stereocenters. The molecule has 38 heavy (non-hydrogen) atoms. The number of methoxy groups -OCH3 is 5. The third-order valence-electron chi connectivity index (χ3n) is 7.39. The summed E-state index contributed by atoms with van der Waals surface area (Å²) in [6.45, 7) is 4.12. The molecule has 0 amide bonds. The summed E-state index contributed by atoms with van der Waals surface area (Å²) < 4.78 is 27.4. The van der Waals surface area contributed by atoms with Gasteiger partial charge in [0.05, 0.1) is 47.0 Å². The highest BCUT2D eigenvalue weighted by molar-refractivity contribution is 5.59. The molecule has 2 aromatic rings. The van der Waals surface area contributed by atoms with Gasteiger partial charge in [-0.05, 0) is 48.6 Å². The molecular weight excluding hydrogens is 488 g/mol. The van der Waals surface area contributed by atoms with Crippen molar-refractivity contribution in [3.63, 3.8) is 0 Å². The predicted molar refractivity (Wildman–Crippen MR) is 145 cm³/mol. The van der Waals surface area contributed by atoms with Gasteiger partial charge >= 0.3 is 0 Å². The molecule has 0 fully saturated rings. The van der Waals surface area contributed by atoms with Crippen LogP contribution in [0.25, 0.3) is 0 Å². The van der Waals surface area contributed by atoms with Crippen LogP contribution in [0.2, 0.25) is 0 Å². The van der Waals surface area contributed by atoms with Gasteiger partial charge in [0.25, 0.3) is 0 Å². The van der Waals surface area contributed by atoms with Crippen LogP contribution in [0.4, 0.5) is 0 Å². The molecule has 208 valence electrons. The molecule has 0 N–H and O–H groups in total. The molecule has 0 aliphatic heterocycles. The van der Waals surface area contributed by atoms with Crippen LogP contribution in [0.3, 0.4) is 0 Å². The Hall–Kier alpha value is -3.67. The van der Waals surface area contributed by atoms with Crippen LogP contribution in [0.15, 0.2) is 30.3 Å². The number of ether oxygens (including phenoxy) is 5. The minimum atomic E-state index is -0.918. The maximum Gasteiger partial charge on any atom is 0.217 e. The lowest BCUT2D eigenvalue weighted by Crippen LogP contribution is -2.35. The third kappa shape index (κ3) is 6.42. The minimum absolute atomic E-state index is 0.0133. The van der Waals surface area contributed by atoms with E-state index < -0.39 is 11.5 Å². The van der Waals surface area contributed by atoms with Gasteiger partial charge in [0.1, 0.15) is 0 Å². The van der Waals surface area contributed by atoms with E-state index in [4.69, 9.17) is 23.7 Å². The van der Waals surface area contributed by atoms with Gasteiger partial charge in [0.2, 0.25) is 11.8 Å². The molecule has 0 radical (unpaired) electrons. The minimum Gasteiger partial charge on any atom is -0.493 e. The van der Waals surface area contributed by atoms with E-state index in [0.717, 1.165) is 18.4 Å². The van der Waals surface area contributed by atoms with Crippen molar-refractivity contribution in [2.24, 2.45) is 5.92 Å². The van der Waals surface area contributed by atoms with Crippen molar-refractivity contribution in [1.82, 2.24) is 0 Å². The van der Waals surface area contributed by atoms with Crippen molar-refractivity contribution in [3.8, 4) is 34.8 Å². The van der Waals surface area contributed by atoms with Crippen molar-refractivity contribution in [2.45, 2.75) is 63.8 Å². The standard InChI is InChI=1S/C29H40N2O7/c1-8-21(9-2)29(19-30,23-13-15-25(35-4)28(38-7)27(23)37-6)16-10-11-22(31(32)33)17-20-12-14-24(34-3)26(18-20)36-5/h12-15,18,21-22H,8-11,16-17H2,1-7H3. The van der Waals surface area contributed by atoms with Crippen molar-refractivity contribution >= 4 is 0 Å². The molecule has 0 aromatic heterocycles. The lowest BCUT2D eigenvalue weighted by molar-refractivity contribution is -0.523. The fourth-order valence-electron chi connectivity index (χ4n) is 5.38. The highest BCUT2D eigenvalue weighted by atomic mass is 16.6. The molecule has 0 aliphatic rings. The normalized spacial score (nSPS) is 13.2. The first-order valence-corrected chi connectivity index (χ1v) is 12.9. The van der Waals surface area contributed by atoms with Gasteiger partial charge in [-0.1, -0.05) is 32.8 Å². The molecule has 0 saturated heterocycles. The second-order valence-corrected chi connectivity index (χ2v) is 9.20. The molecule has 0 saturated carbocycles. The van der Waals surface area contributed by atoms with Crippen LogP contribution in [-0.2, 0) is 11.8 Å². The second-order valence-electron chi connectivity index (χ2n) is 9.20. The van der Waals surface area contributed by atoms with E-state index in [0.29, 0.717) is 53.6 Å². The molecule has 2 rings (SSSR count). The zero-order chi connectivity index (χ0) is 28.3. The molecule has 9 heteroatoms. The van der Waals surface area contributed by atoms with Gasteiger partial charge in [0.15, 0.2) is 23.0 Å². The van der Waals surface area contributed by atoms with Crippen molar-refractivity contribution < 1.29 is 28.6 Å². The summed E-state index contributed by atoms with van der Waals surface area (Å²) in [6, 6.07) is 10.8. The second kappa shape index (κ2) is 14.3. The van der Waals surface area contributed by atoms with Gasteiger partial charge in [-0.15, -0.1) is 0 Å². The SMILES string of the molecule is CCC(CC)C(C#N)(CCCC(Cc1ccc(OC)c(OC)c1)[N+](=O)[O-])c1ccc(OC)c(OC)c1OC. The summed E-state index contributed by atoms with van der Waals surface area (Å²) in [5.74, 6) is 2.50. The van der Waals surface area contributed by atoms with Crippen LogP contribution in [-0.4, -0.2) is 46.5 Å². The summed E-state index contributed by atoms with van der Waals surface area (Å²) in [5, 5.41) is 22.7. The molecule has 0 bridgehead atoms. The Morgan fingerprint density at radius 2 is 1.50 bits per heavy atom. The maximum absolute atomic E-state index is 12.0. The van der Waals surface area contributed by atoms with Crippen LogP contribution in [0.1, 0.15) is 57.1 Å². The van der Waals surface area contributed by atoms with Crippen LogP contribution in [0, 0.1) is 27.4 Å². The number of nitro groups is 1. The molecule has 0 spiro atoms. The van der Waals surface area contributed by atoms with E-state index in [1.54, 1.807) is 39.5 Å². The predicted octanol–water partition coefficient (Wildman–Crippen LogP) is 5.99. The monoisotopic (exact) mass is 528 g/mol. The van der Waals surface area contributed by atoms with Crippen molar-refractivity contribution in [2.75, 3.05) is 35.5 Å². The fourth-order valence-corrected chi connectivity index (χ4v) is 5.38. The number of hydrogen-bond donors (Lipinski definition) is 0. The molecule has 0 aliphatic carbocycles. The topological polar surface area (TPSA) is 113 Å². The Morgan fingerprint density at radius 3 is 2.00 bits per heavy atom. The summed E-state index contributed by atoms with van der Waals surface area (Å²) in [7, 11) is 7.71. The van der Waals surface area contributed by atoms with Gasteiger partial charge in [-0.2, -0.15) is 5.26 Å². The summed E-state index contributed by atoms with van der Waals surface area (Å²) in [6.07, 6.45) is 3.04. The van der Waals surface area contributed by atoms with Crippen LogP contribution < -0.4 is 23.7 Å². The molecule has 2 aromatic carbocycles. The zero-order valence-electron chi connectivity index (χ0n) is 23.5. The number of nitriles is 1. The van der Waals surface area contributed by atoms with E-state index in [9.17, 15) is 15.4 Å². The summed E-state index contributed by atoms with van der Waals surface area (Å²) in [4.78, 5) is 11.8. The van der Waals surface area contributed by atoms with Crippen molar-refractivity contribution in [3.05, 3.63) is 51.6 Å². The lowest BCUT2D eigenvalue weighted by atomic mass is 9.65. The van der Waals surface area contributed by atoms with Crippen LogP contribution in [0.5, 0.6) is 28.7 Å². The van der Waals surface area contributed by atoms with E-state index in [1.807, 2.05) is 12.1 Å². The number of hydrogen-bond acceptors (Lipinski definition) is 8. The Kier molecular flexibility index (Phi) is 11.5. The fraction of sp³-hybridized carbons (Fsp3) is 0.552. The highest BCUT2D eigenvalue weighted by Crippen LogP contribution is 2.50. The first-order chi connectivity index (χ1) is 18.3. The van der Waals surface area contributed by atoms with E-state index in [1.165, 1.54) is 14.2 Å². The Bertz CT molecular complexity index is 1110. The Labute approximate surface area is 225 Å². The summed E-state index contributed by atoms with van der Waals surface area (Å²) >= 11 is 0. The first kappa shape index (κ1) is 30.6. The number of benzene rings is 2. The molecular formula is C29H40N2O7. The zero-order valence-corrected chi connectivity index (χ0v) is 23.5. The number of rotatable bonds is 16. The van der Waals surface area contributed by atoms with E-state index in [2.05, 4.69) is 19.9 Å². The van der Waals surface area contributed by atoms with Gasteiger partial charge < -0.3 is 23.7 Å². The quantitative estimate of drug-likeness (QED) is 0.193. The van der Waals surface area contributed by atoms with E-state index in [-0.39, 0.29) is 17.3 Å². The van der Waals surface area contributed by atoms with Gasteiger partial charge in [-0.25, -0.2) is 0 Å². The summed E-state index contributed by atoms with van der Waals surface area (Å²) in [5.41, 5.74) is 0.586. The van der Waals surface area contributed by atoms with Gasteiger partial charge in [-0.3, -0.25) is 10.1 Å². The van der Waals surface area contributed by atoms with Crippen LogP contribution >= 0.6 is 0 Å². The molecule has 9 nitrogen and oxygen atoms in total. The maximum atomic E-state index is 12.0. The first-order valence-electron chi connectivity index (χ1n) is 12.9. The smallest absolute Gasteiger partial charge is 0.217 e. The Balaban J connectivity index is 2.41. The average molecular weight is 529 g/mol. The highest BCUT2D eigenvalue weighted by Gasteiger charge is 2.42. The average Bonchev–Trinajstić information content (AvgIpc) is 2.94. The van der Waals surface area contributed by atoms with Crippen molar-refractivity contribution in [1.29, 1.82) is 5.26 Å². The largest absolute Gasteiger partial charge is 0.493 e. The Morgan fingerprint density at radius 1 is 0.895 bits per heavy atom. The lowest BCUT2D eigenvalue weighted by Gasteiger charge is -2.36. The van der Waals surface area contributed by atoms with Gasteiger partial charge in [0, 0.05) is 23.3 Å². The molecule has 2 unspecified atom stereocenters. The number of nitrogens with zero attached hydrogens (tertiary/aromatic N) is 2.